The molecule has 0 radical (unpaired) electrons. The molecule has 0 saturated heterocycles. The summed E-state index contributed by atoms with van der Waals surface area (Å²) >= 11 is 0. The molecule has 92 valence electrons. The maximum Gasteiger partial charge on any atom is 0.357 e. The molecule has 18 heavy (non-hydrogen) atoms. The summed E-state index contributed by atoms with van der Waals surface area (Å²) in [6.07, 6.45) is 0.897. The van der Waals surface area contributed by atoms with Gasteiger partial charge in [0.05, 0.1) is 11.9 Å². The van der Waals surface area contributed by atoms with Gasteiger partial charge in [-0.1, -0.05) is 30.3 Å². The predicted octanol–water partition coefficient (Wildman–Crippen LogP) is 2.16. The van der Waals surface area contributed by atoms with Crippen LogP contribution in [0.4, 0.5) is 10.1 Å². The lowest BCUT2D eigenvalue weighted by Crippen LogP contribution is -2.08. The monoisotopic (exact) mass is 246 g/mol. The van der Waals surface area contributed by atoms with E-state index < -0.39 is 11.8 Å². The Hall–Kier alpha value is -2.43. The van der Waals surface area contributed by atoms with Crippen LogP contribution in [-0.2, 0) is 11.3 Å². The molecular formula is C13H11FN2O2. The van der Waals surface area contributed by atoms with Gasteiger partial charge in [-0.25, -0.2) is 14.2 Å². The lowest BCUT2D eigenvalue weighted by molar-refractivity contribution is 0.0465. The van der Waals surface area contributed by atoms with E-state index in [4.69, 9.17) is 10.5 Å². The number of benzene rings is 1. The van der Waals surface area contributed by atoms with Crippen molar-refractivity contribution in [2.45, 2.75) is 6.61 Å². The zero-order chi connectivity index (χ0) is 13.0. The van der Waals surface area contributed by atoms with Crippen LogP contribution < -0.4 is 5.73 Å². The second kappa shape index (κ2) is 5.27. The van der Waals surface area contributed by atoms with Gasteiger partial charge in [-0.3, -0.25) is 0 Å². The average Bonchev–Trinajstić information content (AvgIpc) is 2.40. The molecule has 2 aromatic rings. The van der Waals surface area contributed by atoms with E-state index in [1.165, 1.54) is 0 Å². The molecule has 2 N–H and O–H groups in total. The van der Waals surface area contributed by atoms with Gasteiger partial charge in [0.25, 0.3) is 0 Å². The number of nitrogens with two attached hydrogens (primary N) is 1. The van der Waals surface area contributed by atoms with Gasteiger partial charge in [0.1, 0.15) is 6.61 Å². The van der Waals surface area contributed by atoms with Gasteiger partial charge in [0.2, 0.25) is 0 Å². The van der Waals surface area contributed by atoms with Crippen molar-refractivity contribution in [2.24, 2.45) is 0 Å². The highest BCUT2D eigenvalue weighted by Crippen LogP contribution is 2.11. The van der Waals surface area contributed by atoms with E-state index in [2.05, 4.69) is 4.98 Å². The molecule has 0 unspecified atom stereocenters. The molecule has 1 heterocycles. The number of pyridine rings is 1. The van der Waals surface area contributed by atoms with Crippen molar-refractivity contribution in [2.75, 3.05) is 5.73 Å². The summed E-state index contributed by atoms with van der Waals surface area (Å²) in [5.74, 6) is -1.29. The molecule has 0 amide bonds. The van der Waals surface area contributed by atoms with Crippen LogP contribution in [0, 0.1) is 5.82 Å². The van der Waals surface area contributed by atoms with Gasteiger partial charge in [0.15, 0.2) is 11.5 Å². The van der Waals surface area contributed by atoms with E-state index in [1.54, 1.807) is 0 Å². The van der Waals surface area contributed by atoms with Crippen molar-refractivity contribution in [3.05, 3.63) is 59.7 Å². The Morgan fingerprint density at radius 3 is 2.72 bits per heavy atom. The number of carbonyl (C=O) groups is 1. The van der Waals surface area contributed by atoms with Crippen LogP contribution in [0.5, 0.6) is 0 Å². The number of hydrogen-bond acceptors (Lipinski definition) is 4. The lowest BCUT2D eigenvalue weighted by Gasteiger charge is -2.05. The molecule has 0 spiro atoms. The van der Waals surface area contributed by atoms with Crippen molar-refractivity contribution in [1.29, 1.82) is 0 Å². The number of esters is 1. The number of aromatic nitrogens is 1. The Labute approximate surface area is 103 Å². The van der Waals surface area contributed by atoms with Crippen molar-refractivity contribution in [3.63, 3.8) is 0 Å². The largest absolute Gasteiger partial charge is 0.456 e. The quantitative estimate of drug-likeness (QED) is 0.843. The first-order chi connectivity index (χ1) is 8.66. The first-order valence-corrected chi connectivity index (χ1v) is 5.29. The third-order valence-electron chi connectivity index (χ3n) is 2.31. The van der Waals surface area contributed by atoms with Crippen LogP contribution in [0.1, 0.15) is 16.1 Å². The van der Waals surface area contributed by atoms with E-state index in [9.17, 15) is 9.18 Å². The van der Waals surface area contributed by atoms with Crippen molar-refractivity contribution < 1.29 is 13.9 Å². The maximum absolute atomic E-state index is 12.9. The molecule has 0 aliphatic carbocycles. The molecular weight excluding hydrogens is 235 g/mol. The van der Waals surface area contributed by atoms with E-state index in [0.29, 0.717) is 0 Å². The van der Waals surface area contributed by atoms with Gasteiger partial charge in [-0.2, -0.15) is 0 Å². The molecule has 1 aromatic carbocycles. The normalized spacial score (nSPS) is 10.1. The summed E-state index contributed by atoms with van der Waals surface area (Å²) in [5, 5.41) is 0. The number of nitrogen functional groups attached to an aromatic ring is 1. The molecule has 5 heteroatoms. The van der Waals surface area contributed by atoms with E-state index >= 15 is 0 Å². The Bertz CT molecular complexity index is 558. The Kier molecular flexibility index (Phi) is 3.52. The molecule has 0 saturated carbocycles. The fourth-order valence-electron chi connectivity index (χ4n) is 1.36. The van der Waals surface area contributed by atoms with Crippen molar-refractivity contribution in [1.82, 2.24) is 4.98 Å². The summed E-state index contributed by atoms with van der Waals surface area (Å²) in [5.41, 5.74) is 6.07. The molecule has 0 fully saturated rings. The van der Waals surface area contributed by atoms with Gasteiger partial charge in [-0.05, 0) is 11.6 Å². The standard InChI is InChI=1S/C13H11FN2O2/c14-10-7-16-12(6-11(10)15)13(17)18-8-9-4-2-1-3-5-9/h1-7H,8H2,(H2,15,16). The topological polar surface area (TPSA) is 65.2 Å². The first-order valence-electron chi connectivity index (χ1n) is 5.29. The van der Waals surface area contributed by atoms with E-state index in [-0.39, 0.29) is 18.0 Å². The van der Waals surface area contributed by atoms with Crippen molar-refractivity contribution >= 4 is 11.7 Å². The minimum absolute atomic E-state index is 0.00942. The minimum atomic E-state index is -0.658. The SMILES string of the molecule is Nc1cc(C(=O)OCc2ccccc2)ncc1F. The summed E-state index contributed by atoms with van der Waals surface area (Å²) in [6.45, 7) is 0.138. The number of halogens is 1. The van der Waals surface area contributed by atoms with Crippen LogP contribution in [0.15, 0.2) is 42.6 Å². The Balaban J connectivity index is 2.02. The number of carbonyl (C=O) groups excluding carboxylic acids is 1. The minimum Gasteiger partial charge on any atom is -0.456 e. The van der Waals surface area contributed by atoms with Crippen LogP contribution in [-0.4, -0.2) is 11.0 Å². The highest BCUT2D eigenvalue weighted by Gasteiger charge is 2.11. The molecule has 1 aromatic heterocycles. The number of hydrogen-bond donors (Lipinski definition) is 1. The molecule has 2 rings (SSSR count). The van der Waals surface area contributed by atoms with Crippen LogP contribution in [0.2, 0.25) is 0 Å². The Morgan fingerprint density at radius 1 is 1.33 bits per heavy atom. The highest BCUT2D eigenvalue weighted by molar-refractivity contribution is 5.88. The predicted molar refractivity (Wildman–Crippen MR) is 64.2 cm³/mol. The van der Waals surface area contributed by atoms with Gasteiger partial charge in [-0.15, -0.1) is 0 Å². The lowest BCUT2D eigenvalue weighted by atomic mass is 10.2. The van der Waals surface area contributed by atoms with Gasteiger partial charge < -0.3 is 10.5 Å². The summed E-state index contributed by atoms with van der Waals surface area (Å²) in [7, 11) is 0. The summed E-state index contributed by atoms with van der Waals surface area (Å²) < 4.78 is 17.9. The zero-order valence-electron chi connectivity index (χ0n) is 9.47. The molecule has 0 atom stereocenters. The fourth-order valence-corrected chi connectivity index (χ4v) is 1.36. The summed E-state index contributed by atoms with van der Waals surface area (Å²) in [4.78, 5) is 15.2. The Morgan fingerprint density at radius 2 is 2.06 bits per heavy atom. The molecule has 0 aliphatic heterocycles. The molecule has 4 nitrogen and oxygen atoms in total. The first kappa shape index (κ1) is 12.0. The molecule has 0 aliphatic rings. The van der Waals surface area contributed by atoms with Gasteiger partial charge >= 0.3 is 5.97 Å². The maximum atomic E-state index is 12.9. The van der Waals surface area contributed by atoms with Crippen LogP contribution in [0.25, 0.3) is 0 Å². The third kappa shape index (κ3) is 2.82. The number of ether oxygens (including phenoxy) is 1. The fraction of sp³-hybridized carbons (Fsp3) is 0.0769. The third-order valence-corrected chi connectivity index (χ3v) is 2.31. The number of rotatable bonds is 3. The van der Waals surface area contributed by atoms with Crippen molar-refractivity contribution in [3.8, 4) is 0 Å². The average molecular weight is 246 g/mol. The number of anilines is 1. The molecule has 0 bridgehead atoms. The van der Waals surface area contributed by atoms with E-state index in [1.807, 2.05) is 30.3 Å². The van der Waals surface area contributed by atoms with Crippen LogP contribution in [0.3, 0.4) is 0 Å². The second-order valence-electron chi connectivity index (χ2n) is 3.65. The van der Waals surface area contributed by atoms with E-state index in [0.717, 1.165) is 17.8 Å². The smallest absolute Gasteiger partial charge is 0.357 e. The van der Waals surface area contributed by atoms with Crippen LogP contribution >= 0.6 is 0 Å². The zero-order valence-corrected chi connectivity index (χ0v) is 9.47. The highest BCUT2D eigenvalue weighted by atomic mass is 19.1. The summed E-state index contributed by atoms with van der Waals surface area (Å²) in [6, 6.07) is 10.4. The van der Waals surface area contributed by atoms with Gasteiger partial charge in [0, 0.05) is 0 Å². The second-order valence-corrected chi connectivity index (χ2v) is 3.65. The number of nitrogens with zero attached hydrogens (tertiary/aromatic N) is 1.